The van der Waals surface area contributed by atoms with Gasteiger partial charge in [-0.2, -0.15) is 0 Å². The maximum absolute atomic E-state index is 13.3. The second-order valence-corrected chi connectivity index (χ2v) is 9.38. The van der Waals surface area contributed by atoms with Crippen molar-refractivity contribution in [3.05, 3.63) is 83.4 Å². The van der Waals surface area contributed by atoms with Crippen molar-refractivity contribution in [1.82, 2.24) is 19.4 Å². The van der Waals surface area contributed by atoms with Crippen molar-refractivity contribution in [3.63, 3.8) is 0 Å². The Bertz CT molecular complexity index is 1050. The Hall–Kier alpha value is -2.83. The van der Waals surface area contributed by atoms with E-state index in [1.165, 1.54) is 5.56 Å². The van der Waals surface area contributed by atoms with Crippen molar-refractivity contribution in [2.24, 2.45) is 0 Å². The standard InChI is InChI=1S/C26H31ClN4O2/c1-26(2,33-23-11-9-22(27)10-12-23)25(32)30-15-6-14-29(17-18-30)20-24-28-13-16-31(24)19-21-7-4-3-5-8-21/h3-5,7-13,16H,6,14-15,17-20H2,1-2H3. The number of imidazole rings is 1. The predicted octanol–water partition coefficient (Wildman–Crippen LogP) is 4.48. The lowest BCUT2D eigenvalue weighted by Crippen LogP contribution is -2.50. The van der Waals surface area contributed by atoms with Crippen molar-refractivity contribution in [3.8, 4) is 5.75 Å². The smallest absolute Gasteiger partial charge is 0.266 e. The van der Waals surface area contributed by atoms with E-state index in [1.807, 2.05) is 37.2 Å². The molecular weight excluding hydrogens is 436 g/mol. The molecule has 1 aliphatic heterocycles. The Morgan fingerprint density at radius 1 is 1.00 bits per heavy atom. The van der Waals surface area contributed by atoms with Crippen molar-refractivity contribution in [2.45, 2.75) is 39.0 Å². The highest BCUT2D eigenvalue weighted by molar-refractivity contribution is 6.30. The van der Waals surface area contributed by atoms with Crippen LogP contribution in [0.3, 0.4) is 0 Å². The number of hydrogen-bond acceptors (Lipinski definition) is 4. The van der Waals surface area contributed by atoms with Gasteiger partial charge in [-0.1, -0.05) is 41.9 Å². The number of carbonyl (C=O) groups is 1. The number of benzene rings is 2. The van der Waals surface area contributed by atoms with Crippen LogP contribution in [-0.2, 0) is 17.9 Å². The van der Waals surface area contributed by atoms with Crippen LogP contribution < -0.4 is 4.74 Å². The van der Waals surface area contributed by atoms with Gasteiger partial charge < -0.3 is 14.2 Å². The van der Waals surface area contributed by atoms with Gasteiger partial charge in [0.25, 0.3) is 5.91 Å². The molecule has 4 rings (SSSR count). The minimum atomic E-state index is -0.949. The molecule has 0 unspecified atom stereocenters. The topological polar surface area (TPSA) is 50.6 Å². The van der Waals surface area contributed by atoms with Crippen LogP contribution in [0.25, 0.3) is 0 Å². The van der Waals surface area contributed by atoms with Gasteiger partial charge >= 0.3 is 0 Å². The predicted molar refractivity (Wildman–Crippen MR) is 130 cm³/mol. The lowest BCUT2D eigenvalue weighted by Gasteiger charge is -2.32. The Balaban J connectivity index is 1.34. The van der Waals surface area contributed by atoms with Crippen LogP contribution in [0, 0.1) is 0 Å². The van der Waals surface area contributed by atoms with E-state index in [9.17, 15) is 4.79 Å². The zero-order valence-corrected chi connectivity index (χ0v) is 20.0. The largest absolute Gasteiger partial charge is 0.478 e. The third kappa shape index (κ3) is 6.15. The van der Waals surface area contributed by atoms with Crippen molar-refractivity contribution < 1.29 is 9.53 Å². The van der Waals surface area contributed by atoms with E-state index < -0.39 is 5.60 Å². The fraction of sp³-hybridized carbons (Fsp3) is 0.385. The summed E-state index contributed by atoms with van der Waals surface area (Å²) in [6.07, 6.45) is 4.82. The lowest BCUT2D eigenvalue weighted by molar-refractivity contribution is -0.145. The van der Waals surface area contributed by atoms with Gasteiger partial charge in [-0.15, -0.1) is 0 Å². The molecule has 1 fully saturated rings. The molecule has 7 heteroatoms. The van der Waals surface area contributed by atoms with Gasteiger partial charge in [0.15, 0.2) is 5.60 Å². The van der Waals surface area contributed by atoms with Crippen LogP contribution in [0.4, 0.5) is 0 Å². The molecule has 0 spiro atoms. The Morgan fingerprint density at radius 3 is 2.52 bits per heavy atom. The zero-order valence-electron chi connectivity index (χ0n) is 19.3. The van der Waals surface area contributed by atoms with Gasteiger partial charge in [0.2, 0.25) is 0 Å². The molecule has 0 N–H and O–H groups in total. The molecule has 2 heterocycles. The molecule has 1 aromatic heterocycles. The quantitative estimate of drug-likeness (QED) is 0.515. The first-order valence-electron chi connectivity index (χ1n) is 11.4. The van der Waals surface area contributed by atoms with Crippen LogP contribution in [0.1, 0.15) is 31.7 Å². The molecule has 1 saturated heterocycles. The number of hydrogen-bond donors (Lipinski definition) is 0. The molecule has 1 amide bonds. The molecule has 0 saturated carbocycles. The van der Waals surface area contributed by atoms with Gasteiger partial charge in [0.1, 0.15) is 11.6 Å². The zero-order chi connectivity index (χ0) is 23.3. The molecule has 33 heavy (non-hydrogen) atoms. The minimum absolute atomic E-state index is 0.00452. The lowest BCUT2D eigenvalue weighted by atomic mass is 10.1. The first-order valence-corrected chi connectivity index (χ1v) is 11.8. The molecule has 2 aromatic carbocycles. The first-order chi connectivity index (χ1) is 15.9. The van der Waals surface area contributed by atoms with Crippen LogP contribution in [0.2, 0.25) is 5.02 Å². The first kappa shape index (κ1) is 23.3. The van der Waals surface area contributed by atoms with E-state index in [1.54, 1.807) is 24.3 Å². The summed E-state index contributed by atoms with van der Waals surface area (Å²) in [5.74, 6) is 1.69. The Labute approximate surface area is 200 Å². The monoisotopic (exact) mass is 466 g/mol. The van der Waals surface area contributed by atoms with Gasteiger partial charge in [-0.3, -0.25) is 9.69 Å². The van der Waals surface area contributed by atoms with Crippen LogP contribution in [0.5, 0.6) is 5.75 Å². The Kier molecular flexibility index (Phi) is 7.36. The molecule has 0 bridgehead atoms. The highest BCUT2D eigenvalue weighted by atomic mass is 35.5. The second-order valence-electron chi connectivity index (χ2n) is 8.95. The molecule has 0 atom stereocenters. The van der Waals surface area contributed by atoms with E-state index >= 15 is 0 Å². The summed E-state index contributed by atoms with van der Waals surface area (Å²) in [5, 5.41) is 0.642. The number of amides is 1. The van der Waals surface area contributed by atoms with Gasteiger partial charge in [0, 0.05) is 50.1 Å². The maximum atomic E-state index is 13.3. The van der Waals surface area contributed by atoms with Crippen molar-refractivity contribution in [1.29, 1.82) is 0 Å². The summed E-state index contributed by atoms with van der Waals surface area (Å²) in [5.41, 5.74) is 0.307. The number of nitrogens with zero attached hydrogens (tertiary/aromatic N) is 4. The van der Waals surface area contributed by atoms with E-state index in [4.69, 9.17) is 16.3 Å². The van der Waals surface area contributed by atoms with Gasteiger partial charge in [-0.25, -0.2) is 4.98 Å². The summed E-state index contributed by atoms with van der Waals surface area (Å²) in [6, 6.07) is 17.5. The fourth-order valence-electron chi connectivity index (χ4n) is 4.17. The molecule has 6 nitrogen and oxygen atoms in total. The average molecular weight is 467 g/mol. The van der Waals surface area contributed by atoms with Crippen molar-refractivity contribution >= 4 is 17.5 Å². The van der Waals surface area contributed by atoms with Gasteiger partial charge in [-0.05, 0) is 50.1 Å². The third-order valence-corrected chi connectivity index (χ3v) is 6.19. The number of aromatic nitrogens is 2. The molecule has 0 aliphatic carbocycles. The second kappa shape index (κ2) is 10.4. The normalized spacial score (nSPS) is 15.3. The maximum Gasteiger partial charge on any atom is 0.266 e. The van der Waals surface area contributed by atoms with E-state index in [-0.39, 0.29) is 5.91 Å². The van der Waals surface area contributed by atoms with Gasteiger partial charge in [0.05, 0.1) is 6.54 Å². The van der Waals surface area contributed by atoms with E-state index in [0.29, 0.717) is 17.3 Å². The Morgan fingerprint density at radius 2 is 1.76 bits per heavy atom. The van der Waals surface area contributed by atoms with E-state index in [0.717, 1.165) is 45.0 Å². The molecule has 1 aliphatic rings. The fourth-order valence-corrected chi connectivity index (χ4v) is 4.30. The molecule has 174 valence electrons. The summed E-state index contributed by atoms with van der Waals surface area (Å²) in [7, 11) is 0. The van der Waals surface area contributed by atoms with Crippen LogP contribution >= 0.6 is 11.6 Å². The molecular formula is C26H31ClN4O2. The van der Waals surface area contributed by atoms with Crippen LogP contribution in [0.15, 0.2) is 67.0 Å². The minimum Gasteiger partial charge on any atom is -0.478 e. The number of ether oxygens (including phenoxy) is 1. The number of rotatable bonds is 7. The van der Waals surface area contributed by atoms with E-state index in [2.05, 4.69) is 38.7 Å². The highest BCUT2D eigenvalue weighted by Gasteiger charge is 2.35. The number of carbonyl (C=O) groups excluding carboxylic acids is 1. The SMILES string of the molecule is CC(C)(Oc1ccc(Cl)cc1)C(=O)N1CCCN(Cc2nccn2Cc2ccccc2)CC1. The summed E-state index contributed by atoms with van der Waals surface area (Å²) >= 11 is 5.96. The molecule has 3 aromatic rings. The van der Waals surface area contributed by atoms with Crippen molar-refractivity contribution in [2.75, 3.05) is 26.2 Å². The summed E-state index contributed by atoms with van der Waals surface area (Å²) in [4.78, 5) is 22.2. The average Bonchev–Trinajstić information content (AvgIpc) is 3.09. The summed E-state index contributed by atoms with van der Waals surface area (Å²) < 4.78 is 8.22. The molecule has 0 radical (unpaired) electrons. The van der Waals surface area contributed by atoms with Crippen LogP contribution in [-0.4, -0.2) is 57.0 Å². The number of halogens is 1. The highest BCUT2D eigenvalue weighted by Crippen LogP contribution is 2.23. The summed E-state index contributed by atoms with van der Waals surface area (Å²) in [6.45, 7) is 8.37. The third-order valence-electron chi connectivity index (χ3n) is 5.94.